The maximum atomic E-state index is 13.0. The van der Waals surface area contributed by atoms with Crippen LogP contribution in [-0.2, 0) is 9.53 Å². The quantitative estimate of drug-likeness (QED) is 0.696. The summed E-state index contributed by atoms with van der Waals surface area (Å²) < 4.78 is 6.07. The highest BCUT2D eigenvalue weighted by Gasteiger charge is 2.73. The van der Waals surface area contributed by atoms with Gasteiger partial charge in [-0.3, -0.25) is 4.79 Å². The molecule has 3 nitrogen and oxygen atoms in total. The van der Waals surface area contributed by atoms with Crippen molar-refractivity contribution in [3.8, 4) is 0 Å². The SMILES string of the molecule is CC1(C)CCC[C@]23C(=O)O[C@@]4(CC[C@H]12)C[C@@](C)(O)CC[C@@H]43. The summed E-state index contributed by atoms with van der Waals surface area (Å²) in [6.45, 7) is 6.60. The van der Waals surface area contributed by atoms with E-state index in [-0.39, 0.29) is 22.4 Å². The Bertz CT molecular complexity index is 495. The summed E-state index contributed by atoms with van der Waals surface area (Å²) in [7, 11) is 0. The van der Waals surface area contributed by atoms with E-state index in [2.05, 4.69) is 13.8 Å². The van der Waals surface area contributed by atoms with Gasteiger partial charge >= 0.3 is 5.97 Å². The lowest BCUT2D eigenvalue weighted by Crippen LogP contribution is -2.59. The highest BCUT2D eigenvalue weighted by molar-refractivity contribution is 5.82. The number of hydrogen-bond donors (Lipinski definition) is 1. The van der Waals surface area contributed by atoms with Crippen LogP contribution in [0.1, 0.15) is 72.1 Å². The largest absolute Gasteiger partial charge is 0.458 e. The summed E-state index contributed by atoms with van der Waals surface area (Å²) in [5.41, 5.74) is -1.02. The van der Waals surface area contributed by atoms with Gasteiger partial charge in [-0.2, -0.15) is 0 Å². The van der Waals surface area contributed by atoms with E-state index in [1.165, 1.54) is 6.42 Å². The topological polar surface area (TPSA) is 46.5 Å². The number of rotatable bonds is 0. The van der Waals surface area contributed by atoms with Crippen molar-refractivity contribution in [1.29, 1.82) is 0 Å². The minimum absolute atomic E-state index is 0.0699. The highest BCUT2D eigenvalue weighted by Crippen LogP contribution is 2.70. The Morgan fingerprint density at radius 2 is 1.76 bits per heavy atom. The van der Waals surface area contributed by atoms with Gasteiger partial charge in [0, 0.05) is 12.3 Å². The maximum absolute atomic E-state index is 13.0. The molecule has 0 aromatic rings. The van der Waals surface area contributed by atoms with Crippen molar-refractivity contribution in [3.05, 3.63) is 0 Å². The van der Waals surface area contributed by atoms with E-state index in [1.807, 2.05) is 6.92 Å². The normalized spacial score (nSPS) is 54.6. The van der Waals surface area contributed by atoms with Crippen molar-refractivity contribution in [1.82, 2.24) is 0 Å². The predicted molar refractivity (Wildman–Crippen MR) is 79.6 cm³/mol. The van der Waals surface area contributed by atoms with Gasteiger partial charge in [-0.15, -0.1) is 0 Å². The predicted octanol–water partition coefficient (Wildman–Crippen LogP) is 3.44. The highest BCUT2D eigenvalue weighted by atomic mass is 16.6. The van der Waals surface area contributed by atoms with E-state index >= 15 is 0 Å². The lowest BCUT2D eigenvalue weighted by atomic mass is 9.43. The molecule has 3 heteroatoms. The third kappa shape index (κ3) is 1.62. The molecule has 0 aromatic carbocycles. The zero-order valence-electron chi connectivity index (χ0n) is 13.6. The first-order chi connectivity index (χ1) is 9.72. The first kappa shape index (κ1) is 14.0. The van der Waals surface area contributed by atoms with Gasteiger partial charge in [0.05, 0.1) is 11.0 Å². The fourth-order valence-electron chi connectivity index (χ4n) is 6.72. The lowest BCUT2D eigenvalue weighted by molar-refractivity contribution is -0.161. The minimum Gasteiger partial charge on any atom is -0.458 e. The monoisotopic (exact) mass is 292 g/mol. The van der Waals surface area contributed by atoms with Gasteiger partial charge in [-0.1, -0.05) is 20.3 Å². The number of aliphatic hydroxyl groups is 1. The molecule has 1 aliphatic heterocycles. The number of carbonyl (C=O) groups is 1. The molecule has 1 heterocycles. The average molecular weight is 292 g/mol. The van der Waals surface area contributed by atoms with Gasteiger partial charge in [0.15, 0.2) is 0 Å². The molecule has 4 aliphatic rings. The Morgan fingerprint density at radius 3 is 2.52 bits per heavy atom. The second-order valence-electron chi connectivity index (χ2n) is 9.19. The van der Waals surface area contributed by atoms with Gasteiger partial charge in [-0.05, 0) is 56.8 Å². The minimum atomic E-state index is -0.667. The molecule has 1 spiro atoms. The van der Waals surface area contributed by atoms with Crippen molar-refractivity contribution >= 4 is 5.97 Å². The van der Waals surface area contributed by atoms with E-state index in [9.17, 15) is 9.90 Å². The molecule has 118 valence electrons. The summed E-state index contributed by atoms with van der Waals surface area (Å²) in [6.07, 6.45) is 7.82. The van der Waals surface area contributed by atoms with Crippen molar-refractivity contribution in [2.24, 2.45) is 22.7 Å². The van der Waals surface area contributed by atoms with Gasteiger partial charge < -0.3 is 9.84 Å². The Hall–Kier alpha value is -0.570. The van der Waals surface area contributed by atoms with Crippen LogP contribution in [0.25, 0.3) is 0 Å². The van der Waals surface area contributed by atoms with Gasteiger partial charge in [-0.25, -0.2) is 0 Å². The van der Waals surface area contributed by atoms with Crippen LogP contribution in [-0.4, -0.2) is 22.3 Å². The van der Waals surface area contributed by atoms with Crippen LogP contribution in [0.15, 0.2) is 0 Å². The summed E-state index contributed by atoms with van der Waals surface area (Å²) in [4.78, 5) is 13.0. The smallest absolute Gasteiger partial charge is 0.313 e. The van der Waals surface area contributed by atoms with Crippen LogP contribution in [0.2, 0.25) is 0 Å². The van der Waals surface area contributed by atoms with Crippen LogP contribution in [0.3, 0.4) is 0 Å². The molecule has 3 aliphatic carbocycles. The summed E-state index contributed by atoms with van der Waals surface area (Å²) in [5.74, 6) is 0.881. The summed E-state index contributed by atoms with van der Waals surface area (Å²) in [5, 5.41) is 10.5. The molecular weight excluding hydrogens is 264 g/mol. The van der Waals surface area contributed by atoms with E-state index < -0.39 is 5.60 Å². The number of ether oxygens (including phenoxy) is 1. The second kappa shape index (κ2) is 3.84. The summed E-state index contributed by atoms with van der Waals surface area (Å²) in [6, 6.07) is 0. The fraction of sp³-hybridized carbons (Fsp3) is 0.944. The maximum Gasteiger partial charge on any atom is 0.313 e. The number of carbonyl (C=O) groups excluding carboxylic acids is 1. The van der Waals surface area contributed by atoms with E-state index in [0.717, 1.165) is 38.5 Å². The average Bonchev–Trinajstić information content (AvgIpc) is 2.48. The first-order valence-electron chi connectivity index (χ1n) is 8.68. The lowest BCUT2D eigenvalue weighted by Gasteiger charge is -2.58. The summed E-state index contributed by atoms with van der Waals surface area (Å²) >= 11 is 0. The zero-order chi connectivity index (χ0) is 15.1. The molecule has 2 bridgehead atoms. The van der Waals surface area contributed by atoms with E-state index in [1.54, 1.807) is 0 Å². The Balaban J connectivity index is 1.81. The van der Waals surface area contributed by atoms with Crippen molar-refractivity contribution in [2.45, 2.75) is 83.3 Å². The molecule has 5 atom stereocenters. The molecule has 0 unspecified atom stereocenters. The molecule has 21 heavy (non-hydrogen) atoms. The number of hydrogen-bond acceptors (Lipinski definition) is 3. The fourth-order valence-corrected chi connectivity index (χ4v) is 6.72. The second-order valence-corrected chi connectivity index (χ2v) is 9.19. The van der Waals surface area contributed by atoms with Crippen LogP contribution in [0.4, 0.5) is 0 Å². The van der Waals surface area contributed by atoms with Crippen LogP contribution in [0, 0.1) is 22.7 Å². The van der Waals surface area contributed by atoms with Crippen molar-refractivity contribution < 1.29 is 14.6 Å². The van der Waals surface area contributed by atoms with Gasteiger partial charge in [0.1, 0.15) is 5.60 Å². The Labute approximate surface area is 127 Å². The molecule has 1 saturated heterocycles. The molecule has 0 aromatic heterocycles. The van der Waals surface area contributed by atoms with Gasteiger partial charge in [0.25, 0.3) is 0 Å². The molecule has 3 saturated carbocycles. The van der Waals surface area contributed by atoms with E-state index in [4.69, 9.17) is 4.74 Å². The molecule has 4 rings (SSSR count). The van der Waals surface area contributed by atoms with Crippen molar-refractivity contribution in [2.75, 3.05) is 0 Å². The standard InChI is InChI=1S/C18H28O3/c1-15(2)7-4-8-18-12(15)6-10-17(21-14(18)19)11-16(3,20)9-5-13(17)18/h12-13,20H,4-11H2,1-3H3/t12-,13+,16+,17+,18+/m1/s1. The third-order valence-electron chi connectivity index (χ3n) is 7.42. The van der Waals surface area contributed by atoms with Gasteiger partial charge in [0.2, 0.25) is 0 Å². The Morgan fingerprint density at radius 1 is 1.05 bits per heavy atom. The molecule has 0 radical (unpaired) electrons. The van der Waals surface area contributed by atoms with Crippen LogP contribution in [0.5, 0.6) is 0 Å². The molecule has 0 amide bonds. The number of esters is 1. The zero-order valence-corrected chi connectivity index (χ0v) is 13.6. The molecular formula is C18H28O3. The van der Waals surface area contributed by atoms with E-state index in [0.29, 0.717) is 18.3 Å². The first-order valence-corrected chi connectivity index (χ1v) is 8.68. The molecule has 1 N–H and O–H groups in total. The van der Waals surface area contributed by atoms with Crippen molar-refractivity contribution in [3.63, 3.8) is 0 Å². The third-order valence-corrected chi connectivity index (χ3v) is 7.42. The molecule has 4 fully saturated rings. The van der Waals surface area contributed by atoms with Crippen LogP contribution >= 0.6 is 0 Å². The van der Waals surface area contributed by atoms with Crippen LogP contribution < -0.4 is 0 Å². The Kier molecular flexibility index (Phi) is 2.57.